The zero-order chi connectivity index (χ0) is 10.8. The standard InChI is InChI=1S/C13H19NO/c1-2-14-10-12-15-11-6-9-13-7-4-3-5-8-13/h3-9,14H,2,10-12H2,1H3. The van der Waals surface area contributed by atoms with Crippen molar-refractivity contribution in [3.05, 3.63) is 42.0 Å². The Morgan fingerprint density at radius 2 is 2.07 bits per heavy atom. The summed E-state index contributed by atoms with van der Waals surface area (Å²) in [5.74, 6) is 0. The summed E-state index contributed by atoms with van der Waals surface area (Å²) in [6, 6.07) is 10.2. The maximum Gasteiger partial charge on any atom is 0.0651 e. The minimum Gasteiger partial charge on any atom is -0.376 e. The van der Waals surface area contributed by atoms with Crippen LogP contribution in [0.3, 0.4) is 0 Å². The molecular weight excluding hydrogens is 186 g/mol. The van der Waals surface area contributed by atoms with E-state index in [1.807, 2.05) is 24.3 Å². The van der Waals surface area contributed by atoms with E-state index in [2.05, 4.69) is 30.4 Å². The molecule has 0 aliphatic carbocycles. The molecule has 0 radical (unpaired) electrons. The van der Waals surface area contributed by atoms with Crippen LogP contribution in [0, 0.1) is 0 Å². The molecule has 0 unspecified atom stereocenters. The molecule has 0 saturated heterocycles. The quantitative estimate of drug-likeness (QED) is 0.690. The van der Waals surface area contributed by atoms with Crippen LogP contribution in [-0.4, -0.2) is 26.3 Å². The zero-order valence-corrected chi connectivity index (χ0v) is 9.28. The van der Waals surface area contributed by atoms with Gasteiger partial charge in [0.1, 0.15) is 0 Å². The fraction of sp³-hybridized carbons (Fsp3) is 0.385. The van der Waals surface area contributed by atoms with Crippen LogP contribution < -0.4 is 5.32 Å². The molecule has 0 amide bonds. The monoisotopic (exact) mass is 205 g/mol. The number of benzene rings is 1. The lowest BCUT2D eigenvalue weighted by atomic mass is 10.2. The van der Waals surface area contributed by atoms with Gasteiger partial charge < -0.3 is 10.1 Å². The first-order chi connectivity index (χ1) is 7.43. The molecule has 0 saturated carbocycles. The number of hydrogen-bond acceptors (Lipinski definition) is 2. The smallest absolute Gasteiger partial charge is 0.0651 e. The summed E-state index contributed by atoms with van der Waals surface area (Å²) in [7, 11) is 0. The largest absolute Gasteiger partial charge is 0.376 e. The summed E-state index contributed by atoms with van der Waals surface area (Å²) < 4.78 is 5.41. The molecule has 0 fully saturated rings. The van der Waals surface area contributed by atoms with Crippen molar-refractivity contribution in [2.75, 3.05) is 26.3 Å². The van der Waals surface area contributed by atoms with E-state index in [1.165, 1.54) is 5.56 Å². The summed E-state index contributed by atoms with van der Waals surface area (Å²) in [4.78, 5) is 0. The van der Waals surface area contributed by atoms with Crippen molar-refractivity contribution >= 4 is 6.08 Å². The first kappa shape index (κ1) is 12.0. The van der Waals surface area contributed by atoms with Crippen molar-refractivity contribution in [1.29, 1.82) is 0 Å². The molecule has 2 nitrogen and oxygen atoms in total. The number of nitrogens with one attached hydrogen (secondary N) is 1. The summed E-state index contributed by atoms with van der Waals surface area (Å²) in [6.07, 6.45) is 4.12. The van der Waals surface area contributed by atoms with Gasteiger partial charge in [0.2, 0.25) is 0 Å². The van der Waals surface area contributed by atoms with Gasteiger partial charge in [-0.25, -0.2) is 0 Å². The molecule has 15 heavy (non-hydrogen) atoms. The Balaban J connectivity index is 2.07. The van der Waals surface area contributed by atoms with Crippen LogP contribution in [-0.2, 0) is 4.74 Å². The van der Waals surface area contributed by atoms with Gasteiger partial charge in [0, 0.05) is 6.54 Å². The zero-order valence-electron chi connectivity index (χ0n) is 9.28. The highest BCUT2D eigenvalue weighted by Crippen LogP contribution is 2.00. The van der Waals surface area contributed by atoms with Crippen LogP contribution in [0.15, 0.2) is 36.4 Å². The van der Waals surface area contributed by atoms with Crippen molar-refractivity contribution in [2.24, 2.45) is 0 Å². The fourth-order valence-electron chi connectivity index (χ4n) is 1.22. The predicted octanol–water partition coefficient (Wildman–Crippen LogP) is 2.33. The first-order valence-electron chi connectivity index (χ1n) is 5.43. The third kappa shape index (κ3) is 6.05. The van der Waals surface area contributed by atoms with Crippen molar-refractivity contribution in [2.45, 2.75) is 6.92 Å². The molecule has 1 N–H and O–H groups in total. The second-order valence-corrected chi connectivity index (χ2v) is 3.24. The van der Waals surface area contributed by atoms with E-state index in [0.717, 1.165) is 19.7 Å². The average molecular weight is 205 g/mol. The maximum atomic E-state index is 5.41. The highest BCUT2D eigenvalue weighted by atomic mass is 16.5. The lowest BCUT2D eigenvalue weighted by Crippen LogP contribution is -2.18. The highest BCUT2D eigenvalue weighted by molar-refractivity contribution is 5.48. The van der Waals surface area contributed by atoms with Gasteiger partial charge >= 0.3 is 0 Å². The summed E-state index contributed by atoms with van der Waals surface area (Å²) in [6.45, 7) is 5.47. The van der Waals surface area contributed by atoms with E-state index >= 15 is 0 Å². The van der Waals surface area contributed by atoms with Gasteiger partial charge in [0.15, 0.2) is 0 Å². The molecule has 0 aromatic heterocycles. The molecule has 1 aromatic carbocycles. The number of rotatable bonds is 7. The molecular formula is C13H19NO. The van der Waals surface area contributed by atoms with Crippen LogP contribution >= 0.6 is 0 Å². The molecule has 1 aromatic rings. The van der Waals surface area contributed by atoms with Gasteiger partial charge in [-0.1, -0.05) is 49.4 Å². The molecule has 1 rings (SSSR count). The maximum absolute atomic E-state index is 5.41. The Labute approximate surface area is 92.0 Å². The summed E-state index contributed by atoms with van der Waals surface area (Å²) in [5, 5.41) is 3.21. The molecule has 0 aliphatic heterocycles. The summed E-state index contributed by atoms with van der Waals surface area (Å²) in [5.41, 5.74) is 1.22. The Hall–Kier alpha value is -1.12. The van der Waals surface area contributed by atoms with Crippen molar-refractivity contribution in [1.82, 2.24) is 5.32 Å². The average Bonchev–Trinajstić information content (AvgIpc) is 2.29. The first-order valence-corrected chi connectivity index (χ1v) is 5.43. The lowest BCUT2D eigenvalue weighted by molar-refractivity contribution is 0.165. The van der Waals surface area contributed by atoms with Crippen molar-refractivity contribution < 1.29 is 4.74 Å². The molecule has 0 atom stereocenters. The van der Waals surface area contributed by atoms with Crippen LogP contribution in [0.4, 0.5) is 0 Å². The van der Waals surface area contributed by atoms with E-state index in [9.17, 15) is 0 Å². The number of likely N-dealkylation sites (N-methyl/N-ethyl adjacent to an activating group) is 1. The van der Waals surface area contributed by atoms with Gasteiger partial charge in [-0.2, -0.15) is 0 Å². The van der Waals surface area contributed by atoms with E-state index in [0.29, 0.717) is 6.61 Å². The van der Waals surface area contributed by atoms with Gasteiger partial charge in [0.05, 0.1) is 13.2 Å². The Morgan fingerprint density at radius 1 is 1.27 bits per heavy atom. The predicted molar refractivity (Wildman–Crippen MR) is 64.8 cm³/mol. The minimum atomic E-state index is 0.681. The summed E-state index contributed by atoms with van der Waals surface area (Å²) >= 11 is 0. The Kier molecular flexibility index (Phi) is 6.54. The van der Waals surface area contributed by atoms with Gasteiger partial charge in [-0.15, -0.1) is 0 Å². The van der Waals surface area contributed by atoms with Gasteiger partial charge in [-0.3, -0.25) is 0 Å². The third-order valence-corrected chi connectivity index (χ3v) is 2.00. The second-order valence-electron chi connectivity index (χ2n) is 3.24. The fourth-order valence-corrected chi connectivity index (χ4v) is 1.22. The molecule has 0 heterocycles. The van der Waals surface area contributed by atoms with E-state index in [1.54, 1.807) is 0 Å². The van der Waals surface area contributed by atoms with Crippen LogP contribution in [0.25, 0.3) is 6.08 Å². The van der Waals surface area contributed by atoms with E-state index < -0.39 is 0 Å². The minimum absolute atomic E-state index is 0.681. The lowest BCUT2D eigenvalue weighted by Gasteiger charge is -2.00. The van der Waals surface area contributed by atoms with Crippen LogP contribution in [0.2, 0.25) is 0 Å². The number of hydrogen-bond donors (Lipinski definition) is 1. The van der Waals surface area contributed by atoms with E-state index in [-0.39, 0.29) is 0 Å². The van der Waals surface area contributed by atoms with E-state index in [4.69, 9.17) is 4.74 Å². The molecule has 2 heteroatoms. The van der Waals surface area contributed by atoms with Gasteiger partial charge in [0.25, 0.3) is 0 Å². The normalized spacial score (nSPS) is 11.0. The van der Waals surface area contributed by atoms with Crippen molar-refractivity contribution in [3.63, 3.8) is 0 Å². The number of ether oxygens (including phenoxy) is 1. The van der Waals surface area contributed by atoms with Gasteiger partial charge in [-0.05, 0) is 12.1 Å². The molecule has 0 spiro atoms. The molecule has 0 bridgehead atoms. The Bertz CT molecular complexity index is 269. The molecule has 0 aliphatic rings. The Morgan fingerprint density at radius 3 is 2.80 bits per heavy atom. The SMILES string of the molecule is CCNCCOCC=Cc1ccccc1. The topological polar surface area (TPSA) is 21.3 Å². The molecule has 82 valence electrons. The second kappa shape index (κ2) is 8.21. The van der Waals surface area contributed by atoms with Crippen molar-refractivity contribution in [3.8, 4) is 0 Å². The third-order valence-electron chi connectivity index (χ3n) is 2.00. The van der Waals surface area contributed by atoms with Crippen LogP contribution in [0.1, 0.15) is 12.5 Å². The highest BCUT2D eigenvalue weighted by Gasteiger charge is 1.85. The van der Waals surface area contributed by atoms with Crippen LogP contribution in [0.5, 0.6) is 0 Å².